The molecule has 0 saturated heterocycles. The fourth-order valence-corrected chi connectivity index (χ4v) is 5.68. The number of ether oxygens (including phenoxy) is 2. The summed E-state index contributed by atoms with van der Waals surface area (Å²) < 4.78 is 92.4. The number of fused-ring (bicyclic) bond motifs is 3. The van der Waals surface area contributed by atoms with Crippen molar-refractivity contribution in [2.24, 2.45) is 0 Å². The second-order valence-electron chi connectivity index (χ2n) is 10.6. The number of benzene rings is 2. The molecule has 2 aliphatic rings. The summed E-state index contributed by atoms with van der Waals surface area (Å²) in [5, 5.41) is 0. The lowest BCUT2D eigenvalue weighted by Crippen LogP contribution is -2.48. The van der Waals surface area contributed by atoms with Gasteiger partial charge in [0.1, 0.15) is 0 Å². The third-order valence-electron chi connectivity index (χ3n) is 7.31. The molecule has 1 aliphatic heterocycles. The van der Waals surface area contributed by atoms with Crippen LogP contribution in [0, 0.1) is 0 Å². The molecular weight excluding hydrogens is 554 g/mol. The van der Waals surface area contributed by atoms with Gasteiger partial charge in [0.15, 0.2) is 0 Å². The highest BCUT2D eigenvalue weighted by Gasteiger charge is 2.43. The van der Waals surface area contributed by atoms with E-state index in [2.05, 4.69) is 0 Å². The fraction of sp³-hybridized carbons (Fsp3) is 0.517. The maximum absolute atomic E-state index is 13.6. The molecule has 0 bridgehead atoms. The number of hydrogen-bond acceptors (Lipinski definition) is 4. The van der Waals surface area contributed by atoms with Crippen molar-refractivity contribution in [2.45, 2.75) is 90.5 Å². The summed E-state index contributed by atoms with van der Waals surface area (Å²) >= 11 is 0. The maximum Gasteiger partial charge on any atom is 0.416 e. The number of rotatable bonds is 5. The molecule has 2 aromatic rings. The van der Waals surface area contributed by atoms with Crippen molar-refractivity contribution in [2.75, 3.05) is 11.5 Å². The van der Waals surface area contributed by atoms with E-state index < -0.39 is 60.4 Å². The Bertz CT molecular complexity index is 1280. The first kappa shape index (κ1) is 30.5. The zero-order chi connectivity index (χ0) is 30.3. The maximum atomic E-state index is 13.6. The number of nitrogens with zero attached hydrogens (tertiary/aromatic N) is 2. The second-order valence-corrected chi connectivity index (χ2v) is 10.6. The van der Waals surface area contributed by atoms with Gasteiger partial charge in [0.05, 0.1) is 35.6 Å². The van der Waals surface area contributed by atoms with E-state index in [1.165, 1.54) is 9.80 Å². The molecule has 2 aromatic carbocycles. The fourth-order valence-electron chi connectivity index (χ4n) is 5.68. The van der Waals surface area contributed by atoms with E-state index in [1.54, 1.807) is 33.8 Å². The molecule has 2 atom stereocenters. The summed E-state index contributed by atoms with van der Waals surface area (Å²) in [4.78, 5) is 29.2. The summed E-state index contributed by atoms with van der Waals surface area (Å²) in [5.41, 5.74) is -0.219. The van der Waals surface area contributed by atoms with Gasteiger partial charge in [0, 0.05) is 18.2 Å². The van der Waals surface area contributed by atoms with E-state index in [0.29, 0.717) is 29.8 Å². The Kier molecular flexibility index (Phi) is 8.52. The van der Waals surface area contributed by atoms with Crippen molar-refractivity contribution in [3.8, 4) is 0 Å². The van der Waals surface area contributed by atoms with Crippen LogP contribution in [0.3, 0.4) is 0 Å². The van der Waals surface area contributed by atoms with E-state index in [9.17, 15) is 35.9 Å². The quantitative estimate of drug-likeness (QED) is 0.333. The van der Waals surface area contributed by atoms with Gasteiger partial charge in [-0.15, -0.1) is 0 Å². The van der Waals surface area contributed by atoms with E-state index >= 15 is 0 Å². The lowest BCUT2D eigenvalue weighted by molar-refractivity contribution is -0.143. The zero-order valence-electron chi connectivity index (χ0n) is 23.2. The van der Waals surface area contributed by atoms with Crippen LogP contribution < -0.4 is 4.90 Å². The van der Waals surface area contributed by atoms with Crippen LogP contribution in [0.25, 0.3) is 0 Å². The van der Waals surface area contributed by atoms with E-state index in [4.69, 9.17) is 9.47 Å². The predicted octanol–water partition coefficient (Wildman–Crippen LogP) is 8.06. The van der Waals surface area contributed by atoms with Crippen molar-refractivity contribution in [1.82, 2.24) is 4.90 Å². The van der Waals surface area contributed by atoms with Crippen molar-refractivity contribution in [3.05, 3.63) is 63.7 Å². The normalized spacial score (nSPS) is 18.7. The van der Waals surface area contributed by atoms with E-state index in [-0.39, 0.29) is 24.7 Å². The molecule has 0 N–H and O–H groups in total. The van der Waals surface area contributed by atoms with Gasteiger partial charge in [-0.2, -0.15) is 26.3 Å². The van der Waals surface area contributed by atoms with Crippen molar-refractivity contribution < 1.29 is 45.4 Å². The van der Waals surface area contributed by atoms with Gasteiger partial charge in [-0.25, -0.2) is 9.59 Å². The van der Waals surface area contributed by atoms with Gasteiger partial charge in [0.2, 0.25) is 0 Å². The average Bonchev–Trinajstić information content (AvgIpc) is 3.34. The molecule has 0 aromatic heterocycles. The summed E-state index contributed by atoms with van der Waals surface area (Å²) in [5.74, 6) is 0. The minimum atomic E-state index is -5.04. The van der Waals surface area contributed by atoms with Crippen LogP contribution >= 0.6 is 0 Å². The summed E-state index contributed by atoms with van der Waals surface area (Å²) in [6, 6.07) is 3.68. The Morgan fingerprint density at radius 1 is 1.02 bits per heavy atom. The van der Waals surface area contributed by atoms with Gasteiger partial charge in [-0.05, 0) is 94.3 Å². The van der Waals surface area contributed by atoms with Crippen molar-refractivity contribution in [1.29, 1.82) is 0 Å². The molecule has 0 unspecified atom stereocenters. The molecule has 0 radical (unpaired) electrons. The summed E-state index contributed by atoms with van der Waals surface area (Å²) in [6.45, 7) is 6.18. The Hall–Kier alpha value is -3.44. The monoisotopic (exact) mass is 586 g/mol. The number of carbonyl (C=O) groups is 2. The number of aryl methyl sites for hydroxylation is 1. The molecule has 41 heavy (non-hydrogen) atoms. The Morgan fingerprint density at radius 2 is 1.66 bits per heavy atom. The molecule has 6 nitrogen and oxygen atoms in total. The number of anilines is 1. The smallest absolute Gasteiger partial charge is 0.416 e. The highest BCUT2D eigenvalue weighted by Crippen LogP contribution is 2.47. The number of carbonyl (C=O) groups excluding carboxylic acids is 2. The topological polar surface area (TPSA) is 59.1 Å². The minimum Gasteiger partial charge on any atom is -0.449 e. The predicted molar refractivity (Wildman–Crippen MR) is 138 cm³/mol. The number of alkyl halides is 6. The van der Waals surface area contributed by atoms with Gasteiger partial charge >= 0.3 is 24.5 Å². The van der Waals surface area contributed by atoms with Crippen LogP contribution in [0.5, 0.6) is 0 Å². The van der Waals surface area contributed by atoms with Crippen LogP contribution in [0.4, 0.5) is 41.6 Å². The third kappa shape index (κ3) is 6.41. The SMILES string of the molecule is CCOC(=O)N1c2ccc3c(c2[C@@H](N(Cc2cc(C(F)(F)F)cc(C(F)(F)F)c2)C(=O)OC(C)C)C[C@H]1C)CCC3. The average molecular weight is 587 g/mol. The van der Waals surface area contributed by atoms with Gasteiger partial charge in [0.25, 0.3) is 0 Å². The summed E-state index contributed by atoms with van der Waals surface area (Å²) in [6.07, 6.45) is -9.73. The molecular formula is C29H32F6N2O4. The lowest BCUT2D eigenvalue weighted by atomic mass is 9.85. The second kappa shape index (κ2) is 11.4. The largest absolute Gasteiger partial charge is 0.449 e. The Morgan fingerprint density at radius 3 is 2.22 bits per heavy atom. The highest BCUT2D eigenvalue weighted by atomic mass is 19.4. The summed E-state index contributed by atoms with van der Waals surface area (Å²) in [7, 11) is 0. The van der Waals surface area contributed by atoms with Crippen molar-refractivity contribution >= 4 is 17.9 Å². The van der Waals surface area contributed by atoms with Crippen LogP contribution in [-0.2, 0) is 41.2 Å². The molecule has 4 rings (SSSR count). The van der Waals surface area contributed by atoms with Crippen LogP contribution in [-0.4, -0.2) is 35.8 Å². The van der Waals surface area contributed by atoms with E-state index in [1.807, 2.05) is 6.07 Å². The Balaban J connectivity index is 1.87. The first-order chi connectivity index (χ1) is 19.1. The standard InChI is InChI=1S/C29H32F6N2O4/c1-5-40-27(39)37-17(4)11-24(25-22-8-6-7-19(22)9-10-23(25)37)36(26(38)41-16(2)3)15-18-12-20(28(30,31)32)14-21(13-18)29(33,34)35/h9-10,12-14,16-17,24H,5-8,11,15H2,1-4H3/t17-,24+/m1/s1. The molecule has 1 aliphatic carbocycles. The van der Waals surface area contributed by atoms with Gasteiger partial charge < -0.3 is 9.47 Å². The van der Waals surface area contributed by atoms with Crippen LogP contribution in [0.1, 0.15) is 80.0 Å². The van der Waals surface area contributed by atoms with Crippen molar-refractivity contribution in [3.63, 3.8) is 0 Å². The minimum absolute atomic E-state index is 0.0579. The first-order valence-electron chi connectivity index (χ1n) is 13.5. The molecule has 0 fully saturated rings. The first-order valence-corrected chi connectivity index (χ1v) is 13.5. The van der Waals surface area contributed by atoms with Gasteiger partial charge in [-0.3, -0.25) is 9.80 Å². The van der Waals surface area contributed by atoms with E-state index in [0.717, 1.165) is 24.0 Å². The molecule has 12 heteroatoms. The van der Waals surface area contributed by atoms with Crippen LogP contribution in [0.15, 0.2) is 30.3 Å². The molecule has 0 spiro atoms. The molecule has 224 valence electrons. The van der Waals surface area contributed by atoms with Gasteiger partial charge in [-0.1, -0.05) is 6.07 Å². The third-order valence-corrected chi connectivity index (χ3v) is 7.31. The number of halogens is 6. The zero-order valence-corrected chi connectivity index (χ0v) is 23.2. The molecule has 0 saturated carbocycles. The Labute approximate surface area is 234 Å². The molecule has 2 amide bonds. The molecule has 1 heterocycles. The number of amides is 2. The lowest BCUT2D eigenvalue weighted by Gasteiger charge is -2.43. The van der Waals surface area contributed by atoms with Crippen LogP contribution in [0.2, 0.25) is 0 Å². The highest BCUT2D eigenvalue weighted by molar-refractivity contribution is 5.91. The number of hydrogen-bond donors (Lipinski definition) is 0.